The molecule has 146 valence electrons. The van der Waals surface area contributed by atoms with Gasteiger partial charge in [0.2, 0.25) is 0 Å². The molecule has 0 aromatic heterocycles. The Labute approximate surface area is 173 Å². The van der Waals surface area contributed by atoms with Crippen LogP contribution in [0.25, 0.3) is 5.32 Å². The van der Waals surface area contributed by atoms with Crippen LogP contribution >= 0.6 is 19.4 Å². The van der Waals surface area contributed by atoms with E-state index in [1.54, 1.807) is 0 Å². The monoisotopic (exact) mass is 482 g/mol. The molecule has 2 aromatic carbocycles. The Bertz CT molecular complexity index is 597. The summed E-state index contributed by atoms with van der Waals surface area (Å²) in [6.45, 7) is 9.61. The Balaban J connectivity index is 0.00000105. The predicted molar refractivity (Wildman–Crippen MR) is 110 cm³/mol. The van der Waals surface area contributed by atoms with Crippen LogP contribution in [0.4, 0.5) is 0 Å². The van der Waals surface area contributed by atoms with E-state index in [4.69, 9.17) is 30.8 Å². The Morgan fingerprint density at radius 1 is 0.769 bits per heavy atom. The SMILES string of the molecule is Cc1cccc(C)c1C(N)C[N-]CC(N)c1c(C)cccc1C.[Cl][Ru][Cl]. The van der Waals surface area contributed by atoms with E-state index < -0.39 is 0 Å². The molecule has 2 atom stereocenters. The van der Waals surface area contributed by atoms with Gasteiger partial charge < -0.3 is 16.8 Å². The number of hydrogen-bond acceptors (Lipinski definition) is 2. The summed E-state index contributed by atoms with van der Waals surface area (Å²) in [5.41, 5.74) is 20.0. The molecule has 0 aliphatic rings. The summed E-state index contributed by atoms with van der Waals surface area (Å²) in [4.78, 5) is 0. The van der Waals surface area contributed by atoms with Gasteiger partial charge in [-0.1, -0.05) is 36.4 Å². The Kier molecular flexibility index (Phi) is 10.9. The third-order valence-corrected chi connectivity index (χ3v) is 4.48. The van der Waals surface area contributed by atoms with Crippen LogP contribution in [-0.4, -0.2) is 13.1 Å². The summed E-state index contributed by atoms with van der Waals surface area (Å²) >= 11 is -0.346. The molecule has 0 saturated heterocycles. The Morgan fingerprint density at radius 3 is 1.31 bits per heavy atom. The van der Waals surface area contributed by atoms with Gasteiger partial charge in [0.15, 0.2) is 0 Å². The van der Waals surface area contributed by atoms with Crippen molar-refractivity contribution in [3.63, 3.8) is 0 Å². The van der Waals surface area contributed by atoms with Gasteiger partial charge in [-0.05, 0) is 61.1 Å². The van der Waals surface area contributed by atoms with Crippen molar-refractivity contribution in [2.75, 3.05) is 13.1 Å². The molecule has 0 radical (unpaired) electrons. The second-order valence-corrected chi connectivity index (χ2v) is 9.10. The van der Waals surface area contributed by atoms with Crippen LogP contribution in [0.3, 0.4) is 0 Å². The summed E-state index contributed by atoms with van der Waals surface area (Å²) in [5, 5.41) is 4.64. The number of aryl methyl sites for hydroxylation is 4. The van der Waals surface area contributed by atoms with Gasteiger partial charge >= 0.3 is 34.5 Å². The van der Waals surface area contributed by atoms with E-state index in [0.29, 0.717) is 13.1 Å². The van der Waals surface area contributed by atoms with Gasteiger partial charge in [0, 0.05) is 12.1 Å². The number of hydrogen-bond donors (Lipinski definition) is 2. The fraction of sp³-hybridized carbons (Fsp3) is 0.400. The van der Waals surface area contributed by atoms with Crippen molar-refractivity contribution < 1.29 is 15.1 Å². The number of nitrogens with two attached hydrogens (primary N) is 2. The van der Waals surface area contributed by atoms with E-state index in [0.717, 1.165) is 0 Å². The molecule has 2 aromatic rings. The molecule has 4 N–H and O–H groups in total. The maximum atomic E-state index is 6.35. The van der Waals surface area contributed by atoms with Gasteiger partial charge in [0.05, 0.1) is 0 Å². The van der Waals surface area contributed by atoms with Gasteiger partial charge in [-0.25, -0.2) is 0 Å². The average molecular weight is 482 g/mol. The Morgan fingerprint density at radius 2 is 1.04 bits per heavy atom. The van der Waals surface area contributed by atoms with Crippen LogP contribution in [0.2, 0.25) is 0 Å². The van der Waals surface area contributed by atoms with E-state index in [2.05, 4.69) is 69.4 Å². The molecule has 0 aliphatic heterocycles. The Hall–Kier alpha value is -0.477. The van der Waals surface area contributed by atoms with Gasteiger partial charge in [-0.3, -0.25) is 0 Å². The van der Waals surface area contributed by atoms with Crippen molar-refractivity contribution in [1.82, 2.24) is 0 Å². The fourth-order valence-corrected chi connectivity index (χ4v) is 3.36. The molecule has 0 amide bonds. The van der Waals surface area contributed by atoms with Crippen molar-refractivity contribution in [1.29, 1.82) is 0 Å². The molecule has 2 unspecified atom stereocenters. The predicted octanol–water partition coefficient (Wildman–Crippen LogP) is 5.37. The van der Waals surface area contributed by atoms with E-state index in [9.17, 15) is 0 Å². The molecule has 2 rings (SSSR count). The van der Waals surface area contributed by atoms with Crippen molar-refractivity contribution in [2.24, 2.45) is 11.5 Å². The van der Waals surface area contributed by atoms with Crippen LogP contribution < -0.4 is 11.5 Å². The first-order chi connectivity index (χ1) is 12.3. The topological polar surface area (TPSA) is 66.1 Å². The zero-order valence-corrected chi connectivity index (χ0v) is 19.0. The number of nitrogens with zero attached hydrogens (tertiary/aromatic N) is 1. The van der Waals surface area contributed by atoms with Gasteiger partial charge in [-0.2, -0.15) is 0 Å². The van der Waals surface area contributed by atoms with Crippen LogP contribution in [-0.2, 0) is 15.1 Å². The number of halogens is 2. The molecular weight excluding hydrogens is 454 g/mol. The molecule has 6 heteroatoms. The first kappa shape index (κ1) is 23.6. The minimum atomic E-state index is -0.346. The third kappa shape index (κ3) is 6.92. The zero-order valence-electron chi connectivity index (χ0n) is 15.7. The molecule has 0 fully saturated rings. The van der Waals surface area contributed by atoms with Crippen LogP contribution in [0.5, 0.6) is 0 Å². The van der Waals surface area contributed by atoms with Crippen molar-refractivity contribution >= 4 is 19.4 Å². The fourth-order valence-electron chi connectivity index (χ4n) is 3.36. The molecule has 26 heavy (non-hydrogen) atoms. The average Bonchev–Trinajstić information content (AvgIpc) is 2.55. The van der Waals surface area contributed by atoms with Gasteiger partial charge in [0.1, 0.15) is 0 Å². The summed E-state index contributed by atoms with van der Waals surface area (Å²) in [7, 11) is 9.71. The first-order valence-electron chi connectivity index (χ1n) is 8.45. The quantitative estimate of drug-likeness (QED) is 0.544. The number of benzene rings is 2. The summed E-state index contributed by atoms with van der Waals surface area (Å²) < 4.78 is 0. The normalized spacial score (nSPS) is 13.1. The molecule has 3 nitrogen and oxygen atoms in total. The van der Waals surface area contributed by atoms with Crippen LogP contribution in [0, 0.1) is 27.7 Å². The molecular formula is C20H28Cl2N3Ru-. The van der Waals surface area contributed by atoms with Crippen LogP contribution in [0.1, 0.15) is 45.5 Å². The van der Waals surface area contributed by atoms with E-state index >= 15 is 0 Å². The summed E-state index contributed by atoms with van der Waals surface area (Å²) in [6.07, 6.45) is 0. The van der Waals surface area contributed by atoms with Crippen molar-refractivity contribution in [3.05, 3.63) is 75.1 Å². The molecule has 0 spiro atoms. The second-order valence-electron chi connectivity index (χ2n) is 6.46. The summed E-state index contributed by atoms with van der Waals surface area (Å²) in [5.74, 6) is 0. The van der Waals surface area contributed by atoms with E-state index in [1.807, 2.05) is 0 Å². The molecule has 0 bridgehead atoms. The van der Waals surface area contributed by atoms with E-state index in [-0.39, 0.29) is 27.2 Å². The standard InChI is InChI=1S/C20H28N3.2ClH.Ru/c1-13-7-5-8-14(2)19(13)17(21)11-23-12-18(22)20-15(3)9-6-10-16(20)4;;;/h5-10,17-18H,11-12,21-22H2,1-4H3;2*1H;/q-1;;;+2/p-2. The third-order valence-electron chi connectivity index (χ3n) is 4.48. The molecule has 0 saturated carbocycles. The van der Waals surface area contributed by atoms with Gasteiger partial charge in [0.25, 0.3) is 0 Å². The minimum absolute atomic E-state index is 0.0682. The zero-order chi connectivity index (χ0) is 19.7. The van der Waals surface area contributed by atoms with Crippen molar-refractivity contribution in [3.8, 4) is 0 Å². The first-order valence-corrected chi connectivity index (χ1v) is 12.9. The maximum absolute atomic E-state index is 6.35. The molecule has 0 heterocycles. The second kappa shape index (κ2) is 12.1. The number of rotatable bonds is 6. The summed E-state index contributed by atoms with van der Waals surface area (Å²) in [6, 6.07) is 12.4. The van der Waals surface area contributed by atoms with E-state index in [1.165, 1.54) is 33.4 Å². The van der Waals surface area contributed by atoms with Crippen LogP contribution in [0.15, 0.2) is 36.4 Å². The van der Waals surface area contributed by atoms with Gasteiger partial charge in [-0.15, -0.1) is 13.1 Å². The van der Waals surface area contributed by atoms with Crippen molar-refractivity contribution in [2.45, 2.75) is 39.8 Å². The molecule has 0 aliphatic carbocycles.